The van der Waals surface area contributed by atoms with Gasteiger partial charge in [0.15, 0.2) is 0 Å². The van der Waals surface area contributed by atoms with Crippen LogP contribution in [0.3, 0.4) is 0 Å². The number of nitrogens with zero attached hydrogens (tertiary/aromatic N) is 1. The van der Waals surface area contributed by atoms with Crippen LogP contribution in [0.25, 0.3) is 0 Å². The Morgan fingerprint density at radius 3 is 2.23 bits per heavy atom. The van der Waals surface area contributed by atoms with Gasteiger partial charge in [-0.1, -0.05) is 32.1 Å². The molecule has 0 bridgehead atoms. The van der Waals surface area contributed by atoms with Gasteiger partial charge in [0.2, 0.25) is 0 Å². The quantitative estimate of drug-likeness (QED) is 0.347. The molecule has 30 heavy (non-hydrogen) atoms. The molecule has 168 valence electrons. The number of carbonyl (C=O) groups excluding carboxylic acids is 1. The number of anilines is 1. The number of aliphatic hydroxyl groups is 1. The summed E-state index contributed by atoms with van der Waals surface area (Å²) in [6.45, 7) is 1.27. The summed E-state index contributed by atoms with van der Waals surface area (Å²) in [4.78, 5) is 12.3. The molecule has 0 unspecified atom stereocenters. The largest absolute Gasteiger partial charge is 0.417 e. The van der Waals surface area contributed by atoms with Gasteiger partial charge in [0, 0.05) is 5.69 Å². The Bertz CT molecular complexity index is 877. The molecule has 0 saturated carbocycles. The van der Waals surface area contributed by atoms with E-state index in [1.807, 2.05) is 0 Å². The number of alkyl halides is 3. The van der Waals surface area contributed by atoms with Crippen molar-refractivity contribution in [3.05, 3.63) is 29.3 Å². The molecular weight excluding hydrogens is 425 g/mol. The number of amides is 1. The molecule has 1 aromatic carbocycles. The number of hydrogen-bond donors (Lipinski definition) is 3. The van der Waals surface area contributed by atoms with Crippen molar-refractivity contribution in [2.75, 3.05) is 11.1 Å². The summed E-state index contributed by atoms with van der Waals surface area (Å²) in [5, 5.41) is 21.4. The van der Waals surface area contributed by atoms with Gasteiger partial charge in [-0.25, -0.2) is 0 Å². The van der Waals surface area contributed by atoms with Crippen LogP contribution >= 0.6 is 0 Å². The van der Waals surface area contributed by atoms with Gasteiger partial charge in [-0.3, -0.25) is 9.35 Å². The maximum absolute atomic E-state index is 13.0. The van der Waals surface area contributed by atoms with Crippen LogP contribution in [0, 0.1) is 11.3 Å². The SMILES string of the molecule is C[C@](O)(CCCCCCCCS(=O)(=O)O)C(=O)Nc1ccc(C#N)c(C(F)(F)F)c1. The Morgan fingerprint density at radius 1 is 1.13 bits per heavy atom. The number of rotatable bonds is 11. The van der Waals surface area contributed by atoms with Gasteiger partial charge in [0.1, 0.15) is 5.60 Å². The van der Waals surface area contributed by atoms with Gasteiger partial charge in [-0.2, -0.15) is 26.9 Å². The molecule has 1 aromatic rings. The molecule has 0 saturated heterocycles. The predicted molar refractivity (Wildman–Crippen MR) is 104 cm³/mol. The van der Waals surface area contributed by atoms with E-state index in [0.717, 1.165) is 25.0 Å². The summed E-state index contributed by atoms with van der Waals surface area (Å²) in [5.74, 6) is -1.14. The minimum atomic E-state index is -4.75. The lowest BCUT2D eigenvalue weighted by molar-refractivity contribution is -0.138. The third kappa shape index (κ3) is 9.11. The second kappa shape index (κ2) is 10.7. The second-order valence-electron chi connectivity index (χ2n) is 7.26. The highest BCUT2D eigenvalue weighted by Crippen LogP contribution is 2.33. The number of halogens is 3. The molecule has 0 aliphatic heterocycles. The fourth-order valence-corrected chi connectivity index (χ4v) is 3.36. The third-order valence-corrected chi connectivity index (χ3v) is 5.31. The molecule has 3 N–H and O–H groups in total. The zero-order chi connectivity index (χ0) is 23.0. The number of unbranched alkanes of at least 4 members (excludes halogenated alkanes) is 5. The predicted octanol–water partition coefficient (Wildman–Crippen LogP) is 3.89. The molecule has 0 radical (unpaired) electrons. The highest BCUT2D eigenvalue weighted by atomic mass is 32.2. The number of carbonyl (C=O) groups is 1. The monoisotopic (exact) mass is 450 g/mol. The van der Waals surface area contributed by atoms with E-state index in [2.05, 4.69) is 5.32 Å². The molecule has 0 aliphatic carbocycles. The topological polar surface area (TPSA) is 127 Å². The van der Waals surface area contributed by atoms with Gasteiger partial charge in [0.25, 0.3) is 16.0 Å². The first-order valence-corrected chi connectivity index (χ1v) is 11.0. The van der Waals surface area contributed by atoms with E-state index >= 15 is 0 Å². The Hall–Kier alpha value is -2.16. The van der Waals surface area contributed by atoms with Gasteiger partial charge in [0.05, 0.1) is 22.9 Å². The Labute approximate surface area is 173 Å². The highest BCUT2D eigenvalue weighted by Gasteiger charge is 2.35. The van der Waals surface area contributed by atoms with Crippen molar-refractivity contribution in [2.45, 2.75) is 63.6 Å². The summed E-state index contributed by atoms with van der Waals surface area (Å²) < 4.78 is 68.8. The first-order valence-electron chi connectivity index (χ1n) is 9.36. The first kappa shape index (κ1) is 25.9. The van der Waals surface area contributed by atoms with Crippen molar-refractivity contribution >= 4 is 21.7 Å². The van der Waals surface area contributed by atoms with Gasteiger partial charge < -0.3 is 10.4 Å². The number of nitriles is 1. The zero-order valence-electron chi connectivity index (χ0n) is 16.5. The smallest absolute Gasteiger partial charge is 0.380 e. The van der Waals surface area contributed by atoms with E-state index in [-0.39, 0.29) is 17.9 Å². The van der Waals surface area contributed by atoms with Crippen molar-refractivity contribution in [1.29, 1.82) is 5.26 Å². The van der Waals surface area contributed by atoms with Crippen LogP contribution in [-0.4, -0.2) is 35.3 Å². The average Bonchev–Trinajstić information content (AvgIpc) is 2.62. The molecule has 1 atom stereocenters. The molecule has 7 nitrogen and oxygen atoms in total. The molecule has 1 amide bonds. The molecular formula is C19H25F3N2O5S. The van der Waals surface area contributed by atoms with E-state index < -0.39 is 38.9 Å². The lowest BCUT2D eigenvalue weighted by Crippen LogP contribution is -2.40. The molecule has 0 spiro atoms. The van der Waals surface area contributed by atoms with Crippen LogP contribution in [0.2, 0.25) is 0 Å². The van der Waals surface area contributed by atoms with Crippen LogP contribution < -0.4 is 5.32 Å². The van der Waals surface area contributed by atoms with E-state index in [9.17, 15) is 31.5 Å². The van der Waals surface area contributed by atoms with Crippen LogP contribution in [0.1, 0.15) is 63.0 Å². The van der Waals surface area contributed by atoms with E-state index in [0.29, 0.717) is 31.7 Å². The minimum Gasteiger partial charge on any atom is -0.380 e. The summed E-state index contributed by atoms with van der Waals surface area (Å²) in [6.07, 6.45) is -1.06. The maximum atomic E-state index is 13.0. The summed E-state index contributed by atoms with van der Waals surface area (Å²) in [7, 11) is -3.95. The van der Waals surface area contributed by atoms with Crippen LogP contribution in [0.5, 0.6) is 0 Å². The summed E-state index contributed by atoms with van der Waals surface area (Å²) in [5.41, 5.74) is -3.71. The Balaban J connectivity index is 2.50. The average molecular weight is 450 g/mol. The van der Waals surface area contributed by atoms with E-state index in [4.69, 9.17) is 9.81 Å². The number of nitrogens with one attached hydrogen (secondary N) is 1. The van der Waals surface area contributed by atoms with Crippen molar-refractivity contribution in [2.24, 2.45) is 0 Å². The fraction of sp³-hybridized carbons (Fsp3) is 0.579. The molecule has 0 aromatic heterocycles. The molecule has 0 aliphatic rings. The zero-order valence-corrected chi connectivity index (χ0v) is 17.3. The Kier molecular flexibility index (Phi) is 9.27. The van der Waals surface area contributed by atoms with Gasteiger partial charge >= 0.3 is 6.18 Å². The lowest BCUT2D eigenvalue weighted by Gasteiger charge is -2.22. The molecule has 0 heterocycles. The maximum Gasteiger partial charge on any atom is 0.417 e. The van der Waals surface area contributed by atoms with E-state index in [1.54, 1.807) is 0 Å². The highest BCUT2D eigenvalue weighted by molar-refractivity contribution is 7.85. The lowest BCUT2D eigenvalue weighted by atomic mass is 9.96. The standard InChI is InChI=1S/C19H25F3N2O5S/c1-18(26,10-6-4-2-3-5-7-11-30(27,28)29)17(25)24-15-9-8-14(13-23)16(12-15)19(20,21)22/h8-9,12,26H,2-7,10-11H2,1H3,(H,24,25)(H,27,28,29)/t18-/m0/s1. The van der Waals surface area contributed by atoms with Crippen molar-refractivity contribution < 1.29 is 36.0 Å². The summed E-state index contributed by atoms with van der Waals surface area (Å²) >= 11 is 0. The third-order valence-electron chi connectivity index (χ3n) is 4.51. The van der Waals surface area contributed by atoms with Gasteiger partial charge in [-0.15, -0.1) is 0 Å². The summed E-state index contributed by atoms with van der Waals surface area (Å²) in [6, 6.07) is 4.21. The Morgan fingerprint density at radius 2 is 1.70 bits per heavy atom. The molecule has 11 heteroatoms. The van der Waals surface area contributed by atoms with Crippen molar-refractivity contribution in [3.8, 4) is 6.07 Å². The normalized spacial score (nSPS) is 14.0. The molecule has 1 rings (SSSR count). The number of hydrogen-bond acceptors (Lipinski definition) is 5. The number of benzene rings is 1. The fourth-order valence-electron chi connectivity index (χ4n) is 2.79. The first-order chi connectivity index (χ1) is 13.8. The second-order valence-corrected chi connectivity index (χ2v) is 8.83. The van der Waals surface area contributed by atoms with Crippen LogP contribution in [0.4, 0.5) is 18.9 Å². The van der Waals surface area contributed by atoms with Gasteiger partial charge in [-0.05, 0) is 38.0 Å². The molecule has 0 fully saturated rings. The van der Waals surface area contributed by atoms with E-state index in [1.165, 1.54) is 13.0 Å². The minimum absolute atomic E-state index is 0.0895. The van der Waals surface area contributed by atoms with Crippen LogP contribution in [0.15, 0.2) is 18.2 Å². The van der Waals surface area contributed by atoms with Crippen molar-refractivity contribution in [3.63, 3.8) is 0 Å². The van der Waals surface area contributed by atoms with Crippen LogP contribution in [-0.2, 0) is 21.1 Å². The van der Waals surface area contributed by atoms with Crippen molar-refractivity contribution in [1.82, 2.24) is 0 Å².